The van der Waals surface area contributed by atoms with Gasteiger partial charge in [0.15, 0.2) is 11.4 Å². The fourth-order valence-electron chi connectivity index (χ4n) is 14.4. The molecule has 110 heavy (non-hydrogen) atoms. The predicted molar refractivity (Wildman–Crippen MR) is 407 cm³/mol. The molecule has 4 aliphatic rings. The maximum absolute atomic E-state index is 14.7. The van der Waals surface area contributed by atoms with Gasteiger partial charge in [0.1, 0.15) is 42.3 Å². The summed E-state index contributed by atoms with van der Waals surface area (Å²) in [5.74, 6) is -8.52. The van der Waals surface area contributed by atoms with Gasteiger partial charge in [0.2, 0.25) is 11.7 Å². The Hall–Kier alpha value is -6.69. The zero-order chi connectivity index (χ0) is 79.4. The molecule has 616 valence electrons. The highest BCUT2D eigenvalue weighted by atomic mass is 16.6. The van der Waals surface area contributed by atoms with Crippen LogP contribution in [0.15, 0.2) is 66.3 Å². The number of hydrogen-bond acceptors (Lipinski definition) is 27. The number of aryl methyl sites for hydroxylation is 2. The Morgan fingerprint density at radius 2 is 1.45 bits per heavy atom. The Kier molecular flexibility index (Phi) is 39.8. The molecule has 2 amide bonds. The van der Waals surface area contributed by atoms with Crippen LogP contribution in [0.4, 0.5) is 5.82 Å². The van der Waals surface area contributed by atoms with E-state index < -0.39 is 95.4 Å². The molecule has 7 rings (SSSR count). The molecule has 3 aliphatic heterocycles. The highest BCUT2D eigenvalue weighted by molar-refractivity contribution is 6.39. The molecule has 3 aromatic heterocycles. The zero-order valence-corrected chi connectivity index (χ0v) is 66.0. The Morgan fingerprint density at radius 3 is 2.15 bits per heavy atom. The summed E-state index contributed by atoms with van der Waals surface area (Å²) in [7, 11) is 3.20. The highest BCUT2D eigenvalue weighted by Crippen LogP contribution is 2.38. The SMILES string of the molecule is CO[C@H]1C[C@@H]2CC[C@@H](C)[C@@](O)(O2)C(=O)C(=O)N2CCCC[C@H]2C(=O)O[C@H]([C@H](N)C[C@@H]2CC[C@@H](OCCCCc3cn(CCOCCOCCOCCOCCOCCOCCC(=O)NCCCCn4ncc5c(N)ncnc54)nn3)[C@H](OC)C2)CC(=O)[C@H](C)/C=C(\C)[C@@H](O)[C@@H](O)C(=O)[C@H](C)C[C@H](C)/C=C/C=CC=C1C. The molecule has 1 aliphatic carbocycles. The third-order valence-electron chi connectivity index (χ3n) is 21.1. The summed E-state index contributed by atoms with van der Waals surface area (Å²) < 4.78 is 68.0. The van der Waals surface area contributed by atoms with Gasteiger partial charge in [0.05, 0.1) is 128 Å². The molecule has 31 heteroatoms. The summed E-state index contributed by atoms with van der Waals surface area (Å²) in [5, 5.41) is 51.2. The average molecular weight is 1550 g/mol. The van der Waals surface area contributed by atoms with Gasteiger partial charge in [-0.25, -0.2) is 24.1 Å². The topological polar surface area (TPSA) is 406 Å². The van der Waals surface area contributed by atoms with Crippen molar-refractivity contribution in [1.29, 1.82) is 0 Å². The summed E-state index contributed by atoms with van der Waals surface area (Å²) in [6.07, 6.45) is 18.6. The lowest BCUT2D eigenvalue weighted by atomic mass is 9.80. The standard InChI is InChI=1S/C79H125N11O20/c1-53-18-10-9-11-19-54(2)67(100-7)48-61-24-22-58(6)79(99,110-61)74(96)77(97)89-28-15-12-21-64(89)78(98)109-68(49-65(91)55(3)45-57(5)72(94)73(95)71(93)56(4)44-53)63(80)46-59-23-25-66(69(47-59)101-8)108-31-17-13-20-60-51-88(87-86-60)30-33-103-35-37-105-39-41-107-43-42-106-40-38-104-36-34-102-32-26-70(92)82-27-14-16-29-90-76-62(50-85-90)75(81)83-52-84-76/h9-11,18-19,45,50-53,55-56,58-59,61,63-64,66-69,72-73,94-95,99H,12-17,20-44,46-49,80H2,1-8H3,(H,82,92)(H2,81,83,84)/b11-9?,18-10+,54-19?,57-45+/t53-,55-,56-,58-,59+,61+,63-,64+,66-,67+,68+,69-,72-,73+,79-/m1/s1. The van der Waals surface area contributed by atoms with Gasteiger partial charge in [-0.05, 0) is 133 Å². The Morgan fingerprint density at radius 1 is 0.745 bits per heavy atom. The van der Waals surface area contributed by atoms with E-state index in [9.17, 15) is 44.1 Å². The third-order valence-corrected chi connectivity index (χ3v) is 21.1. The fourth-order valence-corrected chi connectivity index (χ4v) is 14.4. The summed E-state index contributed by atoms with van der Waals surface area (Å²) in [4.78, 5) is 93.0. The lowest BCUT2D eigenvalue weighted by molar-refractivity contribution is -0.265. The summed E-state index contributed by atoms with van der Waals surface area (Å²) in [6.45, 7) is 17.6. The lowest BCUT2D eigenvalue weighted by Crippen LogP contribution is -2.61. The van der Waals surface area contributed by atoms with Crippen molar-refractivity contribution in [3.63, 3.8) is 0 Å². The number of fused-ring (bicyclic) bond motifs is 4. The quantitative estimate of drug-likeness (QED) is 0.0175. The second-order valence-electron chi connectivity index (χ2n) is 29.7. The average Bonchev–Trinajstić information content (AvgIpc) is 1.04. The fraction of sp³-hybridized carbons (Fsp3) is 0.734. The van der Waals surface area contributed by atoms with Crippen molar-refractivity contribution in [2.75, 3.05) is 119 Å². The van der Waals surface area contributed by atoms with Crippen LogP contribution < -0.4 is 16.8 Å². The minimum atomic E-state index is -2.49. The molecular weight excluding hydrogens is 1420 g/mol. The molecule has 0 aromatic carbocycles. The number of aliphatic hydroxyl groups excluding tert-OH is 2. The number of nitrogens with zero attached hydrogens (tertiary/aromatic N) is 8. The van der Waals surface area contributed by atoms with E-state index in [1.165, 1.54) is 19.3 Å². The number of cyclic esters (lactones) is 1. The van der Waals surface area contributed by atoms with E-state index in [-0.39, 0.29) is 67.8 Å². The van der Waals surface area contributed by atoms with E-state index in [4.69, 9.17) is 63.6 Å². The molecular formula is C79H125N11O20. The smallest absolute Gasteiger partial charge is 0.329 e. The van der Waals surface area contributed by atoms with Gasteiger partial charge in [-0.3, -0.25) is 24.0 Å². The van der Waals surface area contributed by atoms with Crippen molar-refractivity contribution in [3.8, 4) is 0 Å². The molecule has 0 unspecified atom stereocenters. The summed E-state index contributed by atoms with van der Waals surface area (Å²) >= 11 is 0. The van der Waals surface area contributed by atoms with Crippen molar-refractivity contribution in [2.24, 2.45) is 35.3 Å². The maximum atomic E-state index is 14.7. The number of ether oxygens (including phenoxy) is 11. The van der Waals surface area contributed by atoms with Gasteiger partial charge in [-0.15, -0.1) is 5.10 Å². The molecule has 2 saturated heterocycles. The monoisotopic (exact) mass is 1550 g/mol. The predicted octanol–water partition coefficient (Wildman–Crippen LogP) is 5.66. The lowest BCUT2D eigenvalue weighted by Gasteiger charge is -2.42. The first-order valence-electron chi connectivity index (χ1n) is 39.6. The molecule has 31 nitrogen and oxygen atoms in total. The second kappa shape index (κ2) is 48.4. The number of nitrogen functional groups attached to an aromatic ring is 1. The third kappa shape index (κ3) is 29.4. The number of aliphatic hydroxyl groups is 3. The summed E-state index contributed by atoms with van der Waals surface area (Å²) in [6, 6.07) is -2.12. The molecule has 0 spiro atoms. The maximum Gasteiger partial charge on any atom is 0.329 e. The van der Waals surface area contributed by atoms with Crippen LogP contribution in [-0.4, -0.2) is 264 Å². The van der Waals surface area contributed by atoms with Crippen LogP contribution in [0.1, 0.15) is 156 Å². The van der Waals surface area contributed by atoms with E-state index in [1.54, 1.807) is 50.6 Å². The Balaban J connectivity index is 0.773. The van der Waals surface area contributed by atoms with Crippen LogP contribution in [0.25, 0.3) is 11.0 Å². The van der Waals surface area contributed by atoms with Gasteiger partial charge in [0, 0.05) is 89.7 Å². The van der Waals surface area contributed by atoms with Crippen molar-refractivity contribution >= 4 is 52.0 Å². The number of allylic oxidation sites excluding steroid dienone is 6. The normalized spacial score (nSPS) is 28.0. The first-order chi connectivity index (χ1) is 53.0. The molecule has 15 atom stereocenters. The van der Waals surface area contributed by atoms with Gasteiger partial charge < -0.3 is 89.1 Å². The van der Waals surface area contributed by atoms with Crippen LogP contribution in [0.2, 0.25) is 0 Å². The number of Topliss-reactive ketones (excluding diaryl/α,β-unsaturated/α-hetero) is 3. The molecule has 6 heterocycles. The molecule has 8 N–H and O–H groups in total. The van der Waals surface area contributed by atoms with Crippen LogP contribution in [0.5, 0.6) is 0 Å². The number of nitrogens with one attached hydrogen (secondary N) is 1. The number of methoxy groups -OCH3 is 2. The molecule has 3 aromatic rings. The first-order valence-corrected chi connectivity index (χ1v) is 39.6. The van der Waals surface area contributed by atoms with E-state index in [2.05, 4.69) is 30.7 Å². The van der Waals surface area contributed by atoms with Crippen LogP contribution in [0, 0.1) is 29.6 Å². The zero-order valence-electron chi connectivity index (χ0n) is 66.0. The molecule has 0 radical (unpaired) electrons. The van der Waals surface area contributed by atoms with Gasteiger partial charge >= 0.3 is 5.97 Å². The number of carbonyl (C=O) groups excluding carboxylic acids is 6. The molecule has 2 bridgehead atoms. The van der Waals surface area contributed by atoms with E-state index >= 15 is 0 Å². The first kappa shape index (κ1) is 90.5. The van der Waals surface area contributed by atoms with Gasteiger partial charge in [-0.2, -0.15) is 5.10 Å². The number of nitrogens with two attached hydrogens (primary N) is 2. The largest absolute Gasteiger partial charge is 0.459 e. The molecule has 3 fully saturated rings. The number of ketones is 3. The van der Waals surface area contributed by atoms with Crippen molar-refractivity contribution < 1.29 is 96.2 Å². The van der Waals surface area contributed by atoms with Crippen molar-refractivity contribution in [2.45, 2.75) is 231 Å². The van der Waals surface area contributed by atoms with E-state index in [0.29, 0.717) is 175 Å². The van der Waals surface area contributed by atoms with E-state index in [1.807, 2.05) is 50.4 Å². The van der Waals surface area contributed by atoms with Crippen LogP contribution >= 0.6 is 0 Å². The minimum Gasteiger partial charge on any atom is -0.459 e. The highest BCUT2D eigenvalue weighted by Gasteiger charge is 2.53. The number of rotatable bonds is 37. The Bertz CT molecular complexity index is 3420. The molecule has 1 saturated carbocycles. The minimum absolute atomic E-state index is 0.0235. The van der Waals surface area contributed by atoms with Crippen LogP contribution in [0.3, 0.4) is 0 Å². The Labute approximate surface area is 647 Å². The van der Waals surface area contributed by atoms with E-state index in [0.717, 1.165) is 53.7 Å². The van der Waals surface area contributed by atoms with Crippen molar-refractivity contribution in [1.82, 2.24) is 45.0 Å². The number of piperidine rings is 1. The number of aromatic nitrogens is 7. The number of hydrogen-bond donors (Lipinski definition) is 6. The number of esters is 1. The number of carbonyl (C=O) groups is 6. The van der Waals surface area contributed by atoms with Crippen LogP contribution in [-0.2, 0) is 100 Å². The number of unbranched alkanes of at least 4 members (excludes halogenated alkanes) is 2. The number of anilines is 1. The van der Waals surface area contributed by atoms with Gasteiger partial charge in [-0.1, -0.05) is 69.4 Å². The van der Waals surface area contributed by atoms with Gasteiger partial charge in [0.25, 0.3) is 11.7 Å². The second-order valence-corrected chi connectivity index (χ2v) is 29.7. The van der Waals surface area contributed by atoms with Crippen molar-refractivity contribution in [3.05, 3.63) is 72.0 Å². The number of amides is 2. The summed E-state index contributed by atoms with van der Waals surface area (Å²) in [5.41, 5.74) is 15.6.